The number of aromatic nitrogens is 2. The summed E-state index contributed by atoms with van der Waals surface area (Å²) in [5, 5.41) is 18.8. The second-order valence-electron chi connectivity index (χ2n) is 4.86. The molecule has 2 unspecified atom stereocenters. The van der Waals surface area contributed by atoms with Gasteiger partial charge in [0.2, 0.25) is 0 Å². The van der Waals surface area contributed by atoms with Crippen molar-refractivity contribution in [1.82, 2.24) is 15.1 Å². The smallest absolute Gasteiger partial charge is 0.162 e. The number of hydrogen-bond acceptors (Lipinski definition) is 4. The lowest BCUT2D eigenvalue weighted by molar-refractivity contribution is -0.0563. The average molecular weight is 253 g/mol. The van der Waals surface area contributed by atoms with Gasteiger partial charge in [-0.25, -0.2) is 0 Å². The van der Waals surface area contributed by atoms with Crippen LogP contribution < -0.4 is 10.1 Å². The minimum atomic E-state index is -0.835. The van der Waals surface area contributed by atoms with E-state index in [4.69, 9.17) is 4.74 Å². The molecule has 2 N–H and O–H groups in total. The van der Waals surface area contributed by atoms with Gasteiger partial charge < -0.3 is 15.2 Å². The first-order valence-electron chi connectivity index (χ1n) is 6.70. The molecule has 0 saturated carbocycles. The standard InChI is InChI=1S/C13H23N3O2/c1-4-10-8-14-7-6-13(10,17)12-11(18-3)9-15-16(12)5-2/h9-10,14,17H,4-8H2,1-3H3. The summed E-state index contributed by atoms with van der Waals surface area (Å²) in [6.45, 7) is 6.55. The van der Waals surface area contributed by atoms with Crippen molar-refractivity contribution in [3.05, 3.63) is 11.9 Å². The number of ether oxygens (including phenoxy) is 1. The van der Waals surface area contributed by atoms with Crippen molar-refractivity contribution in [2.24, 2.45) is 5.92 Å². The van der Waals surface area contributed by atoms with Gasteiger partial charge in [-0.15, -0.1) is 0 Å². The second-order valence-corrected chi connectivity index (χ2v) is 4.86. The molecule has 1 fully saturated rings. The fourth-order valence-corrected chi connectivity index (χ4v) is 2.92. The molecule has 102 valence electrons. The van der Waals surface area contributed by atoms with E-state index in [0.717, 1.165) is 31.7 Å². The number of nitrogens with one attached hydrogen (secondary N) is 1. The number of aliphatic hydroxyl groups is 1. The summed E-state index contributed by atoms with van der Waals surface area (Å²) in [5.41, 5.74) is -0.00134. The maximum atomic E-state index is 11.1. The molecule has 0 spiro atoms. The van der Waals surface area contributed by atoms with Crippen LogP contribution in [0.3, 0.4) is 0 Å². The molecule has 2 heterocycles. The number of hydrogen-bond donors (Lipinski definition) is 2. The lowest BCUT2D eigenvalue weighted by Crippen LogP contribution is -2.49. The van der Waals surface area contributed by atoms with Crippen LogP contribution in [0.5, 0.6) is 5.75 Å². The van der Waals surface area contributed by atoms with E-state index < -0.39 is 5.60 Å². The third-order valence-electron chi connectivity index (χ3n) is 3.98. The van der Waals surface area contributed by atoms with Crippen LogP contribution in [0.25, 0.3) is 0 Å². The molecule has 1 aromatic heterocycles. The third-order valence-corrected chi connectivity index (χ3v) is 3.98. The molecule has 0 amide bonds. The first-order chi connectivity index (χ1) is 8.67. The van der Waals surface area contributed by atoms with Gasteiger partial charge in [-0.05, 0) is 26.3 Å². The first-order valence-corrected chi connectivity index (χ1v) is 6.70. The quantitative estimate of drug-likeness (QED) is 0.844. The highest BCUT2D eigenvalue weighted by Gasteiger charge is 2.44. The summed E-state index contributed by atoms with van der Waals surface area (Å²) in [7, 11) is 1.63. The van der Waals surface area contributed by atoms with E-state index in [2.05, 4.69) is 17.3 Å². The zero-order valence-corrected chi connectivity index (χ0v) is 11.4. The minimum absolute atomic E-state index is 0.196. The van der Waals surface area contributed by atoms with Gasteiger partial charge >= 0.3 is 0 Å². The minimum Gasteiger partial charge on any atom is -0.493 e. The Morgan fingerprint density at radius 2 is 2.39 bits per heavy atom. The number of aryl methyl sites for hydroxylation is 1. The number of methoxy groups -OCH3 is 1. The van der Waals surface area contributed by atoms with Crippen molar-refractivity contribution in [3.8, 4) is 5.75 Å². The Morgan fingerprint density at radius 1 is 1.61 bits per heavy atom. The van der Waals surface area contributed by atoms with Gasteiger partial charge in [-0.1, -0.05) is 6.92 Å². The van der Waals surface area contributed by atoms with Crippen LogP contribution in [0.4, 0.5) is 0 Å². The normalized spacial score (nSPS) is 28.3. The van der Waals surface area contributed by atoms with Gasteiger partial charge in [-0.3, -0.25) is 4.68 Å². The Morgan fingerprint density at radius 3 is 3.00 bits per heavy atom. The molecule has 0 bridgehead atoms. The molecule has 1 aliphatic rings. The van der Waals surface area contributed by atoms with Crippen LogP contribution in [-0.2, 0) is 12.1 Å². The van der Waals surface area contributed by atoms with Crippen LogP contribution >= 0.6 is 0 Å². The molecule has 0 aliphatic carbocycles. The van der Waals surface area contributed by atoms with Gasteiger partial charge in [0.05, 0.1) is 13.3 Å². The zero-order chi connectivity index (χ0) is 13.2. The largest absolute Gasteiger partial charge is 0.493 e. The Bertz CT molecular complexity index is 383. The van der Waals surface area contributed by atoms with Gasteiger partial charge in [0.15, 0.2) is 5.75 Å². The molecule has 18 heavy (non-hydrogen) atoms. The summed E-state index contributed by atoms with van der Waals surface area (Å²) in [6.07, 6.45) is 3.33. The Hall–Kier alpha value is -1.07. The molecule has 2 rings (SSSR count). The van der Waals surface area contributed by atoms with Gasteiger partial charge in [-0.2, -0.15) is 5.10 Å². The van der Waals surface area contributed by atoms with Crippen molar-refractivity contribution in [1.29, 1.82) is 0 Å². The van der Waals surface area contributed by atoms with E-state index in [1.807, 2.05) is 11.6 Å². The van der Waals surface area contributed by atoms with Crippen LogP contribution in [0, 0.1) is 5.92 Å². The highest BCUT2D eigenvalue weighted by Crippen LogP contribution is 2.41. The Kier molecular flexibility index (Phi) is 3.92. The molecule has 1 aliphatic heterocycles. The molecular weight excluding hydrogens is 230 g/mol. The van der Waals surface area contributed by atoms with E-state index in [-0.39, 0.29) is 5.92 Å². The summed E-state index contributed by atoms with van der Waals surface area (Å²) in [4.78, 5) is 0. The van der Waals surface area contributed by atoms with E-state index in [0.29, 0.717) is 12.2 Å². The SMILES string of the molecule is CCC1CNCCC1(O)c1c(OC)cnn1CC. The first kappa shape index (κ1) is 13.4. The Labute approximate surface area is 108 Å². The van der Waals surface area contributed by atoms with Crippen molar-refractivity contribution in [2.75, 3.05) is 20.2 Å². The summed E-state index contributed by atoms with van der Waals surface area (Å²) in [5.74, 6) is 0.891. The van der Waals surface area contributed by atoms with Crippen LogP contribution in [-0.4, -0.2) is 35.1 Å². The third kappa shape index (κ3) is 2.01. The fourth-order valence-electron chi connectivity index (χ4n) is 2.92. The maximum Gasteiger partial charge on any atom is 0.162 e. The van der Waals surface area contributed by atoms with E-state index >= 15 is 0 Å². The van der Waals surface area contributed by atoms with Crippen molar-refractivity contribution in [3.63, 3.8) is 0 Å². The second kappa shape index (κ2) is 5.28. The molecule has 0 aromatic carbocycles. The summed E-state index contributed by atoms with van der Waals surface area (Å²) < 4.78 is 7.23. The van der Waals surface area contributed by atoms with Gasteiger partial charge in [0.1, 0.15) is 11.3 Å². The lowest BCUT2D eigenvalue weighted by atomic mass is 9.77. The number of piperidine rings is 1. The summed E-state index contributed by atoms with van der Waals surface area (Å²) in [6, 6.07) is 0. The van der Waals surface area contributed by atoms with Gasteiger partial charge in [0.25, 0.3) is 0 Å². The number of nitrogens with zero attached hydrogens (tertiary/aromatic N) is 2. The topological polar surface area (TPSA) is 59.3 Å². The van der Waals surface area contributed by atoms with Crippen molar-refractivity contribution >= 4 is 0 Å². The molecule has 1 aromatic rings. The van der Waals surface area contributed by atoms with Crippen LogP contribution in [0.2, 0.25) is 0 Å². The molecule has 5 nitrogen and oxygen atoms in total. The summed E-state index contributed by atoms with van der Waals surface area (Å²) >= 11 is 0. The van der Waals surface area contributed by atoms with Crippen LogP contribution in [0.1, 0.15) is 32.4 Å². The molecular formula is C13H23N3O2. The van der Waals surface area contributed by atoms with E-state index in [1.165, 1.54) is 0 Å². The average Bonchev–Trinajstić information content (AvgIpc) is 2.82. The predicted octanol–water partition coefficient (Wildman–Crippen LogP) is 1.12. The predicted molar refractivity (Wildman–Crippen MR) is 69.6 cm³/mol. The van der Waals surface area contributed by atoms with E-state index in [9.17, 15) is 5.11 Å². The highest BCUT2D eigenvalue weighted by atomic mass is 16.5. The van der Waals surface area contributed by atoms with E-state index in [1.54, 1.807) is 13.3 Å². The van der Waals surface area contributed by atoms with Crippen LogP contribution in [0.15, 0.2) is 6.20 Å². The van der Waals surface area contributed by atoms with Gasteiger partial charge in [0, 0.05) is 19.0 Å². The monoisotopic (exact) mass is 253 g/mol. The lowest BCUT2D eigenvalue weighted by Gasteiger charge is -2.40. The highest BCUT2D eigenvalue weighted by molar-refractivity contribution is 5.32. The molecule has 1 saturated heterocycles. The fraction of sp³-hybridized carbons (Fsp3) is 0.769. The van der Waals surface area contributed by atoms with Crippen molar-refractivity contribution < 1.29 is 9.84 Å². The zero-order valence-electron chi connectivity index (χ0n) is 11.4. The molecule has 5 heteroatoms. The van der Waals surface area contributed by atoms with Crippen molar-refractivity contribution in [2.45, 2.75) is 38.8 Å². The number of rotatable bonds is 4. The maximum absolute atomic E-state index is 11.1. The Balaban J connectivity index is 2.46. The molecule has 2 atom stereocenters. The molecule has 0 radical (unpaired) electrons.